The van der Waals surface area contributed by atoms with Crippen LogP contribution >= 0.6 is 0 Å². The molecule has 1 unspecified atom stereocenters. The molecule has 0 aromatic heterocycles. The molecule has 2 saturated carbocycles. The molecule has 1 N–H and O–H groups in total. The lowest BCUT2D eigenvalue weighted by Crippen LogP contribution is -2.52. The van der Waals surface area contributed by atoms with E-state index in [9.17, 15) is 5.11 Å². The summed E-state index contributed by atoms with van der Waals surface area (Å²) in [6.07, 6.45) is 18.7. The van der Waals surface area contributed by atoms with Crippen molar-refractivity contribution in [1.29, 1.82) is 0 Å². The van der Waals surface area contributed by atoms with E-state index in [1.54, 1.807) is 0 Å². The van der Waals surface area contributed by atoms with Gasteiger partial charge in [0.2, 0.25) is 0 Å². The van der Waals surface area contributed by atoms with Crippen LogP contribution < -0.4 is 0 Å². The summed E-state index contributed by atoms with van der Waals surface area (Å²) in [4.78, 5) is 2.67. The van der Waals surface area contributed by atoms with E-state index in [0.717, 1.165) is 24.4 Å². The summed E-state index contributed by atoms with van der Waals surface area (Å²) in [5.74, 6) is 2.02. The second-order valence-corrected chi connectivity index (χ2v) is 9.40. The normalized spacial score (nSPS) is 37.6. The first kappa shape index (κ1) is 16.4. The minimum atomic E-state index is -0.318. The summed E-state index contributed by atoms with van der Waals surface area (Å²) in [5.41, 5.74) is -0.318. The van der Waals surface area contributed by atoms with Crippen LogP contribution in [-0.2, 0) is 0 Å². The van der Waals surface area contributed by atoms with E-state index in [0.29, 0.717) is 11.8 Å². The minimum Gasteiger partial charge on any atom is -0.389 e. The first-order chi connectivity index (χ1) is 11.2. The molecule has 2 bridgehead atoms. The Labute approximate surface area is 143 Å². The molecular weight excluding hydrogens is 282 g/mol. The maximum absolute atomic E-state index is 11.9. The van der Waals surface area contributed by atoms with Crippen LogP contribution in [-0.4, -0.2) is 34.7 Å². The number of rotatable bonds is 4. The molecule has 0 aromatic carbocycles. The average Bonchev–Trinajstić information content (AvgIpc) is 3.22. The van der Waals surface area contributed by atoms with Gasteiger partial charge in [0, 0.05) is 12.1 Å². The van der Waals surface area contributed by atoms with E-state index < -0.39 is 0 Å². The highest BCUT2D eigenvalue weighted by molar-refractivity contribution is 5.00. The van der Waals surface area contributed by atoms with Crippen molar-refractivity contribution in [2.24, 2.45) is 17.8 Å². The Hall–Kier alpha value is -0.0800. The van der Waals surface area contributed by atoms with Gasteiger partial charge < -0.3 is 10.0 Å². The van der Waals surface area contributed by atoms with Gasteiger partial charge in [-0.1, -0.05) is 32.1 Å². The van der Waals surface area contributed by atoms with E-state index in [1.807, 2.05) is 0 Å². The summed E-state index contributed by atoms with van der Waals surface area (Å²) in [7, 11) is 2.35. The summed E-state index contributed by atoms with van der Waals surface area (Å²) < 4.78 is 0. The second-order valence-electron chi connectivity index (χ2n) is 9.40. The van der Waals surface area contributed by atoms with Gasteiger partial charge in [0.05, 0.1) is 5.60 Å². The zero-order chi connectivity index (χ0) is 15.9. The number of fused-ring (bicyclic) bond motifs is 2. The van der Waals surface area contributed by atoms with Crippen LogP contribution in [0.5, 0.6) is 0 Å². The maximum atomic E-state index is 11.9. The van der Waals surface area contributed by atoms with Gasteiger partial charge in [-0.2, -0.15) is 0 Å². The molecule has 0 radical (unpaired) electrons. The van der Waals surface area contributed by atoms with Gasteiger partial charge in [-0.05, 0) is 82.6 Å². The molecule has 2 aliphatic carbocycles. The fourth-order valence-electron chi connectivity index (χ4n) is 6.88. The lowest BCUT2D eigenvalue weighted by Gasteiger charge is -2.50. The third-order valence-corrected chi connectivity index (χ3v) is 8.18. The zero-order valence-corrected chi connectivity index (χ0v) is 15.2. The Kier molecular flexibility index (Phi) is 4.75. The second kappa shape index (κ2) is 6.67. The fourth-order valence-corrected chi connectivity index (χ4v) is 6.88. The third-order valence-electron chi connectivity index (χ3n) is 8.18. The molecule has 23 heavy (non-hydrogen) atoms. The van der Waals surface area contributed by atoms with Gasteiger partial charge in [-0.15, -0.1) is 0 Å². The summed E-state index contributed by atoms with van der Waals surface area (Å²) >= 11 is 0. The standard InChI is InChI=1S/C21H37NO/c1-22-19-11-6-12-20(22)14-16(13-19)15-21(23,17-7-2-3-8-17)18-9-4-5-10-18/h16-20,23H,2-15H2,1H3/t16?,19-,20+. The van der Waals surface area contributed by atoms with Gasteiger partial charge in [0.15, 0.2) is 0 Å². The first-order valence-electron chi connectivity index (χ1n) is 10.6. The molecule has 132 valence electrons. The number of hydrogen-bond donors (Lipinski definition) is 1. The van der Waals surface area contributed by atoms with Crippen LogP contribution in [0.1, 0.15) is 89.9 Å². The molecule has 3 atom stereocenters. The lowest BCUT2D eigenvalue weighted by atomic mass is 9.66. The predicted molar refractivity (Wildman–Crippen MR) is 95.4 cm³/mol. The molecule has 2 aliphatic heterocycles. The highest BCUT2D eigenvalue weighted by Crippen LogP contribution is 2.50. The zero-order valence-electron chi connectivity index (χ0n) is 15.2. The van der Waals surface area contributed by atoms with Gasteiger partial charge in [-0.25, -0.2) is 0 Å². The van der Waals surface area contributed by atoms with Crippen molar-refractivity contribution >= 4 is 0 Å². The van der Waals surface area contributed by atoms with Crippen molar-refractivity contribution in [1.82, 2.24) is 4.90 Å². The van der Waals surface area contributed by atoms with Gasteiger partial charge in [-0.3, -0.25) is 0 Å². The molecule has 2 saturated heterocycles. The molecule has 0 spiro atoms. The smallest absolute Gasteiger partial charge is 0.0706 e. The van der Waals surface area contributed by atoms with E-state index >= 15 is 0 Å². The van der Waals surface area contributed by atoms with Crippen LogP contribution in [0, 0.1) is 17.8 Å². The largest absolute Gasteiger partial charge is 0.389 e. The van der Waals surface area contributed by atoms with Crippen LogP contribution in [0.25, 0.3) is 0 Å². The van der Waals surface area contributed by atoms with Gasteiger partial charge >= 0.3 is 0 Å². The Balaban J connectivity index is 1.49. The van der Waals surface area contributed by atoms with Crippen molar-refractivity contribution in [3.05, 3.63) is 0 Å². The topological polar surface area (TPSA) is 23.5 Å². The highest BCUT2D eigenvalue weighted by Gasteiger charge is 2.48. The Morgan fingerprint density at radius 3 is 1.74 bits per heavy atom. The summed E-state index contributed by atoms with van der Waals surface area (Å²) in [5, 5.41) is 11.9. The van der Waals surface area contributed by atoms with Crippen molar-refractivity contribution in [3.8, 4) is 0 Å². The van der Waals surface area contributed by atoms with Crippen LogP contribution in [0.15, 0.2) is 0 Å². The molecule has 0 aromatic rings. The highest BCUT2D eigenvalue weighted by atomic mass is 16.3. The van der Waals surface area contributed by atoms with Gasteiger partial charge in [0.1, 0.15) is 0 Å². The van der Waals surface area contributed by atoms with Crippen LogP contribution in [0.2, 0.25) is 0 Å². The molecule has 2 nitrogen and oxygen atoms in total. The van der Waals surface area contributed by atoms with E-state index in [1.165, 1.54) is 83.5 Å². The number of piperidine rings is 2. The third kappa shape index (κ3) is 3.11. The van der Waals surface area contributed by atoms with E-state index in [-0.39, 0.29) is 5.60 Å². The monoisotopic (exact) mass is 319 g/mol. The van der Waals surface area contributed by atoms with Crippen molar-refractivity contribution < 1.29 is 5.11 Å². The van der Waals surface area contributed by atoms with Crippen LogP contribution in [0.3, 0.4) is 0 Å². The minimum absolute atomic E-state index is 0.318. The Bertz CT molecular complexity index is 367. The first-order valence-corrected chi connectivity index (χ1v) is 10.6. The lowest BCUT2D eigenvalue weighted by molar-refractivity contribution is -0.0965. The number of hydrogen-bond acceptors (Lipinski definition) is 2. The Morgan fingerprint density at radius 2 is 1.26 bits per heavy atom. The van der Waals surface area contributed by atoms with E-state index in [2.05, 4.69) is 11.9 Å². The molecule has 0 amide bonds. The number of nitrogens with zero attached hydrogens (tertiary/aromatic N) is 1. The molecule has 2 heterocycles. The van der Waals surface area contributed by atoms with Crippen LogP contribution in [0.4, 0.5) is 0 Å². The predicted octanol–water partition coefficient (Wildman–Crippen LogP) is 4.75. The molecule has 4 fully saturated rings. The quantitative estimate of drug-likeness (QED) is 0.808. The Morgan fingerprint density at radius 1 is 0.783 bits per heavy atom. The van der Waals surface area contributed by atoms with Crippen molar-refractivity contribution in [3.63, 3.8) is 0 Å². The molecule has 4 aliphatic rings. The number of aliphatic hydroxyl groups is 1. The molecule has 4 rings (SSSR count). The van der Waals surface area contributed by atoms with E-state index in [4.69, 9.17) is 0 Å². The fraction of sp³-hybridized carbons (Fsp3) is 1.00. The molecule has 2 heteroatoms. The SMILES string of the molecule is CN1[C@@H]2CCC[C@H]1CC(CC(O)(C1CCCC1)C1CCCC1)C2. The van der Waals surface area contributed by atoms with Crippen molar-refractivity contribution in [2.45, 2.75) is 108 Å². The average molecular weight is 320 g/mol. The summed E-state index contributed by atoms with van der Waals surface area (Å²) in [6, 6.07) is 1.62. The van der Waals surface area contributed by atoms with Gasteiger partial charge in [0.25, 0.3) is 0 Å². The molecular formula is C21H37NO. The van der Waals surface area contributed by atoms with Crippen molar-refractivity contribution in [2.75, 3.05) is 7.05 Å². The summed E-state index contributed by atoms with van der Waals surface area (Å²) in [6.45, 7) is 0. The maximum Gasteiger partial charge on any atom is 0.0706 e.